The van der Waals surface area contributed by atoms with E-state index in [1.54, 1.807) is 0 Å². The highest BCUT2D eigenvalue weighted by Crippen LogP contribution is 2.27. The predicted octanol–water partition coefficient (Wildman–Crippen LogP) is 0.870. The third-order valence-corrected chi connectivity index (χ3v) is 3.69. The minimum Gasteiger partial charge on any atom is -0.481 e. The summed E-state index contributed by atoms with van der Waals surface area (Å²) in [7, 11) is -3.52. The Morgan fingerprint density at radius 2 is 2.12 bits per heavy atom. The fourth-order valence-electron chi connectivity index (χ4n) is 1.49. The lowest BCUT2D eigenvalue weighted by atomic mass is 9.99. The molecule has 1 atom stereocenters. The van der Waals surface area contributed by atoms with Crippen LogP contribution in [0.4, 0.5) is 0 Å². The van der Waals surface area contributed by atoms with E-state index >= 15 is 0 Å². The van der Waals surface area contributed by atoms with Gasteiger partial charge in [-0.05, 0) is 23.8 Å². The SMILES string of the molecule is CS(=O)(=O)c1ccc(Cl)cc1C(CN)C(=O)O. The normalized spacial score (nSPS) is 13.4. The van der Waals surface area contributed by atoms with Crippen molar-refractivity contribution in [3.05, 3.63) is 28.8 Å². The van der Waals surface area contributed by atoms with Gasteiger partial charge in [-0.15, -0.1) is 0 Å². The molecule has 0 saturated heterocycles. The molecule has 0 fully saturated rings. The molecule has 0 amide bonds. The summed E-state index contributed by atoms with van der Waals surface area (Å²) in [6.45, 7) is -0.196. The van der Waals surface area contributed by atoms with Crippen LogP contribution in [0.2, 0.25) is 5.02 Å². The van der Waals surface area contributed by atoms with Crippen LogP contribution in [0.5, 0.6) is 0 Å². The Balaban J connectivity index is 3.49. The van der Waals surface area contributed by atoms with Gasteiger partial charge in [0, 0.05) is 17.8 Å². The van der Waals surface area contributed by atoms with Gasteiger partial charge < -0.3 is 10.8 Å². The Hall–Kier alpha value is -1.11. The van der Waals surface area contributed by atoms with Crippen LogP contribution < -0.4 is 5.73 Å². The maximum absolute atomic E-state index is 11.5. The van der Waals surface area contributed by atoms with E-state index in [0.29, 0.717) is 0 Å². The first-order valence-corrected chi connectivity index (χ1v) is 6.96. The van der Waals surface area contributed by atoms with Crippen LogP contribution in [0.1, 0.15) is 11.5 Å². The van der Waals surface area contributed by atoms with E-state index in [-0.39, 0.29) is 22.0 Å². The maximum atomic E-state index is 11.5. The summed E-state index contributed by atoms with van der Waals surface area (Å²) in [6.07, 6.45) is 1.01. The van der Waals surface area contributed by atoms with Crippen LogP contribution in [0.15, 0.2) is 23.1 Å². The zero-order valence-electron chi connectivity index (χ0n) is 9.05. The van der Waals surface area contributed by atoms with Crippen LogP contribution in [0.25, 0.3) is 0 Å². The number of carbonyl (C=O) groups is 1. The molecule has 1 aromatic carbocycles. The van der Waals surface area contributed by atoms with Gasteiger partial charge in [0.25, 0.3) is 0 Å². The van der Waals surface area contributed by atoms with E-state index < -0.39 is 21.7 Å². The standard InChI is InChI=1S/C10H12ClNO4S/c1-17(15,16)9-3-2-6(11)4-7(9)8(5-12)10(13)14/h2-4,8H,5,12H2,1H3,(H,13,14). The molecule has 0 aromatic heterocycles. The molecule has 7 heteroatoms. The first-order chi connectivity index (χ1) is 7.77. The van der Waals surface area contributed by atoms with Crippen LogP contribution in [-0.4, -0.2) is 32.3 Å². The Morgan fingerprint density at radius 3 is 2.53 bits per heavy atom. The number of halogens is 1. The molecule has 0 saturated carbocycles. The largest absolute Gasteiger partial charge is 0.481 e. The van der Waals surface area contributed by atoms with E-state index in [1.165, 1.54) is 18.2 Å². The number of sulfone groups is 1. The second-order valence-electron chi connectivity index (χ2n) is 3.58. The summed E-state index contributed by atoms with van der Waals surface area (Å²) >= 11 is 5.74. The average molecular weight is 278 g/mol. The topological polar surface area (TPSA) is 97.5 Å². The van der Waals surface area contributed by atoms with Crippen molar-refractivity contribution >= 4 is 27.4 Å². The van der Waals surface area contributed by atoms with E-state index in [9.17, 15) is 13.2 Å². The van der Waals surface area contributed by atoms with Crippen LogP contribution >= 0.6 is 11.6 Å². The Morgan fingerprint density at radius 1 is 1.53 bits per heavy atom. The molecule has 0 spiro atoms. The summed E-state index contributed by atoms with van der Waals surface area (Å²) < 4.78 is 23.1. The van der Waals surface area contributed by atoms with Crippen molar-refractivity contribution in [1.29, 1.82) is 0 Å². The zero-order chi connectivity index (χ0) is 13.2. The summed E-state index contributed by atoms with van der Waals surface area (Å²) in [6, 6.07) is 4.01. The average Bonchev–Trinajstić information content (AvgIpc) is 2.16. The fourth-order valence-corrected chi connectivity index (χ4v) is 2.62. The highest BCUT2D eigenvalue weighted by atomic mass is 35.5. The van der Waals surface area contributed by atoms with Crippen molar-refractivity contribution < 1.29 is 18.3 Å². The second-order valence-corrected chi connectivity index (χ2v) is 6.00. The Kier molecular flexibility index (Phi) is 4.13. The minimum atomic E-state index is -3.52. The summed E-state index contributed by atoms with van der Waals surface area (Å²) in [5, 5.41) is 9.26. The molecule has 0 aliphatic heterocycles. The van der Waals surface area contributed by atoms with Gasteiger partial charge in [0.1, 0.15) is 0 Å². The molecule has 0 bridgehead atoms. The first-order valence-electron chi connectivity index (χ1n) is 4.69. The van der Waals surface area contributed by atoms with Crippen molar-refractivity contribution in [2.75, 3.05) is 12.8 Å². The number of nitrogens with two attached hydrogens (primary N) is 1. The molecular weight excluding hydrogens is 266 g/mol. The number of carboxylic acids is 1. The van der Waals surface area contributed by atoms with Gasteiger partial charge in [-0.1, -0.05) is 11.6 Å². The molecule has 5 nitrogen and oxygen atoms in total. The third kappa shape index (κ3) is 3.18. The highest BCUT2D eigenvalue weighted by Gasteiger charge is 2.25. The summed E-state index contributed by atoms with van der Waals surface area (Å²) in [5.41, 5.74) is 5.47. The highest BCUT2D eigenvalue weighted by molar-refractivity contribution is 7.90. The van der Waals surface area contributed by atoms with Gasteiger partial charge in [0.15, 0.2) is 9.84 Å². The van der Waals surface area contributed by atoms with E-state index in [1.807, 2.05) is 0 Å². The number of hydrogen-bond acceptors (Lipinski definition) is 4. The van der Waals surface area contributed by atoms with Gasteiger partial charge in [-0.2, -0.15) is 0 Å². The van der Waals surface area contributed by atoms with Crippen molar-refractivity contribution in [2.45, 2.75) is 10.8 Å². The Labute approximate surface area is 104 Å². The monoisotopic (exact) mass is 277 g/mol. The van der Waals surface area contributed by atoms with E-state index in [2.05, 4.69) is 0 Å². The lowest BCUT2D eigenvalue weighted by Gasteiger charge is -2.14. The molecule has 94 valence electrons. The Bertz CT molecular complexity index is 541. The first kappa shape index (κ1) is 14.0. The quantitative estimate of drug-likeness (QED) is 0.851. The lowest BCUT2D eigenvalue weighted by Crippen LogP contribution is -2.23. The van der Waals surface area contributed by atoms with E-state index in [0.717, 1.165) is 6.26 Å². The van der Waals surface area contributed by atoms with Gasteiger partial charge in [-0.3, -0.25) is 4.79 Å². The van der Waals surface area contributed by atoms with E-state index in [4.69, 9.17) is 22.4 Å². The van der Waals surface area contributed by atoms with Crippen molar-refractivity contribution in [3.63, 3.8) is 0 Å². The smallest absolute Gasteiger partial charge is 0.312 e. The second kappa shape index (κ2) is 5.03. The summed E-state index contributed by atoms with van der Waals surface area (Å²) in [4.78, 5) is 10.9. The number of rotatable bonds is 4. The molecule has 0 aliphatic carbocycles. The molecule has 1 aromatic rings. The molecular formula is C10H12ClNO4S. The molecule has 0 heterocycles. The molecule has 1 unspecified atom stereocenters. The van der Waals surface area contributed by atoms with Crippen LogP contribution in [0, 0.1) is 0 Å². The van der Waals surface area contributed by atoms with Gasteiger partial charge in [-0.25, -0.2) is 8.42 Å². The van der Waals surface area contributed by atoms with Crippen molar-refractivity contribution in [1.82, 2.24) is 0 Å². The van der Waals surface area contributed by atoms with Crippen molar-refractivity contribution in [3.8, 4) is 0 Å². The zero-order valence-corrected chi connectivity index (χ0v) is 10.6. The third-order valence-electron chi connectivity index (χ3n) is 2.28. The summed E-state index contributed by atoms with van der Waals surface area (Å²) in [5.74, 6) is -2.27. The van der Waals surface area contributed by atoms with Gasteiger partial charge in [0.05, 0.1) is 10.8 Å². The van der Waals surface area contributed by atoms with Crippen molar-refractivity contribution in [2.24, 2.45) is 5.73 Å². The molecule has 3 N–H and O–H groups in total. The number of benzene rings is 1. The maximum Gasteiger partial charge on any atom is 0.312 e. The minimum absolute atomic E-state index is 0.0558. The molecule has 0 aliphatic rings. The molecule has 17 heavy (non-hydrogen) atoms. The molecule has 0 radical (unpaired) electrons. The number of hydrogen-bond donors (Lipinski definition) is 2. The fraction of sp³-hybridized carbons (Fsp3) is 0.300. The predicted molar refractivity (Wildman–Crippen MR) is 64.0 cm³/mol. The van der Waals surface area contributed by atoms with Crippen LogP contribution in [0.3, 0.4) is 0 Å². The van der Waals surface area contributed by atoms with Gasteiger partial charge >= 0.3 is 5.97 Å². The number of carboxylic acid groups (broad SMARTS) is 1. The lowest BCUT2D eigenvalue weighted by molar-refractivity contribution is -0.138. The van der Waals surface area contributed by atoms with Gasteiger partial charge in [0.2, 0.25) is 0 Å². The van der Waals surface area contributed by atoms with Crippen LogP contribution in [-0.2, 0) is 14.6 Å². The number of aliphatic carboxylic acids is 1. The molecule has 1 rings (SSSR count).